The molecule has 1 saturated heterocycles. The van der Waals surface area contributed by atoms with E-state index in [0.29, 0.717) is 13.1 Å². The molecule has 0 aromatic carbocycles. The highest BCUT2D eigenvalue weighted by molar-refractivity contribution is 7.10. The third kappa shape index (κ3) is 3.29. The maximum Gasteiger partial charge on any atom is 0.410 e. The standard InChI is InChI=1S/C16H24N2O3S/c1-16(2,3)21-15(20)18-9-12(13(19)10-18)17-6-4-14-11(8-17)5-7-22-14/h5,7,12-13,19H,4,6,8-10H2,1-3H3/t12-,13-/m1/s1. The van der Waals surface area contributed by atoms with Crippen LogP contribution in [-0.4, -0.2) is 58.4 Å². The minimum absolute atomic E-state index is 0.000526. The lowest BCUT2D eigenvalue weighted by Crippen LogP contribution is -2.45. The number of β-amino-alcohol motifs (C(OH)–C–C–N with tert-alkyl or cyclic N) is 1. The first kappa shape index (κ1) is 15.8. The van der Waals surface area contributed by atoms with Gasteiger partial charge in [0.25, 0.3) is 0 Å². The van der Waals surface area contributed by atoms with Gasteiger partial charge in [0.05, 0.1) is 18.7 Å². The molecule has 1 amide bonds. The van der Waals surface area contributed by atoms with Gasteiger partial charge in [-0.2, -0.15) is 0 Å². The summed E-state index contributed by atoms with van der Waals surface area (Å²) in [5.74, 6) is 0. The van der Waals surface area contributed by atoms with Crippen molar-refractivity contribution in [3.63, 3.8) is 0 Å². The Kier molecular flexibility index (Phi) is 4.18. The first-order valence-electron chi connectivity index (χ1n) is 7.79. The SMILES string of the molecule is CC(C)(C)OC(=O)N1C[C@@H](O)[C@H](N2CCc3sccc3C2)C1. The minimum atomic E-state index is -0.507. The Hall–Kier alpha value is -1.11. The Balaban J connectivity index is 1.63. The fourth-order valence-electron chi connectivity index (χ4n) is 3.16. The van der Waals surface area contributed by atoms with E-state index in [1.807, 2.05) is 32.1 Å². The van der Waals surface area contributed by atoms with Gasteiger partial charge in [0.1, 0.15) is 5.60 Å². The van der Waals surface area contributed by atoms with E-state index in [1.165, 1.54) is 10.4 Å². The predicted octanol–water partition coefficient (Wildman–Crippen LogP) is 2.09. The lowest BCUT2D eigenvalue weighted by atomic mass is 10.1. The Morgan fingerprint density at radius 2 is 2.18 bits per heavy atom. The maximum atomic E-state index is 12.2. The number of rotatable bonds is 1. The van der Waals surface area contributed by atoms with Crippen LogP contribution in [-0.2, 0) is 17.7 Å². The molecule has 2 aliphatic rings. The van der Waals surface area contributed by atoms with Crippen LogP contribution in [0.25, 0.3) is 0 Å². The van der Waals surface area contributed by atoms with E-state index in [4.69, 9.17) is 4.74 Å². The Morgan fingerprint density at radius 1 is 1.41 bits per heavy atom. The number of aliphatic hydroxyl groups excluding tert-OH is 1. The lowest BCUT2D eigenvalue weighted by molar-refractivity contribution is 0.0269. The van der Waals surface area contributed by atoms with Crippen molar-refractivity contribution in [1.29, 1.82) is 0 Å². The molecule has 3 heterocycles. The van der Waals surface area contributed by atoms with Crippen molar-refractivity contribution in [2.24, 2.45) is 0 Å². The number of amides is 1. The van der Waals surface area contributed by atoms with Crippen LogP contribution >= 0.6 is 11.3 Å². The molecule has 2 atom stereocenters. The fraction of sp³-hybridized carbons (Fsp3) is 0.688. The summed E-state index contributed by atoms with van der Waals surface area (Å²) in [4.78, 5) is 17.5. The van der Waals surface area contributed by atoms with Crippen LogP contribution in [0.15, 0.2) is 11.4 Å². The Bertz CT molecular complexity index is 552. The fourth-order valence-corrected chi connectivity index (χ4v) is 4.05. The van der Waals surface area contributed by atoms with Gasteiger partial charge in [-0.05, 0) is 44.2 Å². The van der Waals surface area contributed by atoms with Crippen LogP contribution in [0.3, 0.4) is 0 Å². The largest absolute Gasteiger partial charge is 0.444 e. The molecule has 2 aliphatic heterocycles. The van der Waals surface area contributed by atoms with Crippen LogP contribution in [0.5, 0.6) is 0 Å². The summed E-state index contributed by atoms with van der Waals surface area (Å²) >= 11 is 1.81. The number of hydrogen-bond acceptors (Lipinski definition) is 5. The van der Waals surface area contributed by atoms with E-state index in [1.54, 1.807) is 4.90 Å². The molecule has 122 valence electrons. The minimum Gasteiger partial charge on any atom is -0.444 e. The summed E-state index contributed by atoms with van der Waals surface area (Å²) in [7, 11) is 0. The quantitative estimate of drug-likeness (QED) is 0.859. The molecule has 0 bridgehead atoms. The third-order valence-corrected chi connectivity index (χ3v) is 5.24. The number of carbonyl (C=O) groups excluding carboxylic acids is 1. The average Bonchev–Trinajstić information content (AvgIpc) is 3.01. The third-order valence-electron chi connectivity index (χ3n) is 4.22. The zero-order valence-corrected chi connectivity index (χ0v) is 14.2. The van der Waals surface area contributed by atoms with Crippen LogP contribution in [0.1, 0.15) is 31.2 Å². The molecule has 0 unspecified atom stereocenters. The topological polar surface area (TPSA) is 53.0 Å². The summed E-state index contributed by atoms with van der Waals surface area (Å²) in [6.45, 7) is 8.27. The molecule has 3 rings (SSSR count). The Morgan fingerprint density at radius 3 is 2.91 bits per heavy atom. The summed E-state index contributed by atoms with van der Waals surface area (Å²) in [6, 6.07) is 2.17. The van der Waals surface area contributed by atoms with E-state index in [2.05, 4.69) is 16.3 Å². The van der Waals surface area contributed by atoms with Crippen LogP contribution in [0.2, 0.25) is 0 Å². The molecular formula is C16H24N2O3S. The van der Waals surface area contributed by atoms with E-state index in [0.717, 1.165) is 19.5 Å². The molecule has 0 saturated carbocycles. The second-order valence-electron chi connectivity index (χ2n) is 7.11. The van der Waals surface area contributed by atoms with E-state index >= 15 is 0 Å². The first-order chi connectivity index (χ1) is 10.3. The smallest absolute Gasteiger partial charge is 0.410 e. The van der Waals surface area contributed by atoms with Gasteiger partial charge in [-0.3, -0.25) is 4.90 Å². The highest BCUT2D eigenvalue weighted by Gasteiger charge is 2.40. The molecule has 0 aliphatic carbocycles. The predicted molar refractivity (Wildman–Crippen MR) is 86.0 cm³/mol. The molecule has 22 heavy (non-hydrogen) atoms. The molecule has 6 heteroatoms. The van der Waals surface area contributed by atoms with Gasteiger partial charge in [0, 0.05) is 24.5 Å². The normalized spacial score (nSPS) is 26.1. The van der Waals surface area contributed by atoms with Gasteiger partial charge in [0.15, 0.2) is 0 Å². The molecule has 0 radical (unpaired) electrons. The van der Waals surface area contributed by atoms with Gasteiger partial charge in [-0.25, -0.2) is 4.79 Å². The molecular weight excluding hydrogens is 300 g/mol. The number of ether oxygens (including phenoxy) is 1. The number of aliphatic hydroxyl groups is 1. The van der Waals surface area contributed by atoms with Crippen molar-refractivity contribution in [3.05, 3.63) is 21.9 Å². The van der Waals surface area contributed by atoms with Crippen molar-refractivity contribution in [2.45, 2.75) is 51.5 Å². The molecule has 1 N–H and O–H groups in total. The summed E-state index contributed by atoms with van der Waals surface area (Å²) in [6.07, 6.45) is 0.192. The molecule has 1 aromatic rings. The summed E-state index contributed by atoms with van der Waals surface area (Å²) < 4.78 is 5.41. The number of hydrogen-bond donors (Lipinski definition) is 1. The zero-order valence-electron chi connectivity index (χ0n) is 13.4. The van der Waals surface area contributed by atoms with E-state index in [9.17, 15) is 9.90 Å². The highest BCUT2D eigenvalue weighted by Crippen LogP contribution is 2.28. The highest BCUT2D eigenvalue weighted by atomic mass is 32.1. The van der Waals surface area contributed by atoms with Crippen LogP contribution in [0, 0.1) is 0 Å². The van der Waals surface area contributed by atoms with Crippen molar-refractivity contribution in [1.82, 2.24) is 9.80 Å². The summed E-state index contributed by atoms with van der Waals surface area (Å²) in [5, 5.41) is 12.5. The monoisotopic (exact) mass is 324 g/mol. The van der Waals surface area contributed by atoms with Gasteiger partial charge in [-0.1, -0.05) is 0 Å². The van der Waals surface area contributed by atoms with Crippen LogP contribution < -0.4 is 0 Å². The number of fused-ring (bicyclic) bond motifs is 1. The molecule has 0 spiro atoms. The summed E-state index contributed by atoms with van der Waals surface area (Å²) in [5.41, 5.74) is 0.857. The average molecular weight is 324 g/mol. The number of nitrogens with zero attached hydrogens (tertiary/aromatic N) is 2. The first-order valence-corrected chi connectivity index (χ1v) is 8.67. The number of thiophene rings is 1. The maximum absolute atomic E-state index is 12.2. The van der Waals surface area contributed by atoms with Gasteiger partial charge in [0.2, 0.25) is 0 Å². The van der Waals surface area contributed by atoms with Crippen molar-refractivity contribution < 1.29 is 14.6 Å². The van der Waals surface area contributed by atoms with Crippen molar-refractivity contribution in [3.8, 4) is 0 Å². The van der Waals surface area contributed by atoms with Gasteiger partial charge >= 0.3 is 6.09 Å². The van der Waals surface area contributed by atoms with Gasteiger partial charge in [-0.15, -0.1) is 11.3 Å². The van der Waals surface area contributed by atoms with Crippen molar-refractivity contribution in [2.75, 3.05) is 19.6 Å². The molecule has 5 nitrogen and oxygen atoms in total. The molecule has 1 fully saturated rings. The zero-order chi connectivity index (χ0) is 15.9. The number of likely N-dealkylation sites (tertiary alicyclic amines) is 1. The second kappa shape index (κ2) is 5.83. The van der Waals surface area contributed by atoms with E-state index in [-0.39, 0.29) is 12.1 Å². The Labute approximate surface area is 135 Å². The second-order valence-corrected chi connectivity index (χ2v) is 8.11. The van der Waals surface area contributed by atoms with Crippen molar-refractivity contribution >= 4 is 17.4 Å². The van der Waals surface area contributed by atoms with Gasteiger partial charge < -0.3 is 14.7 Å². The van der Waals surface area contributed by atoms with Crippen LogP contribution in [0.4, 0.5) is 4.79 Å². The lowest BCUT2D eigenvalue weighted by Gasteiger charge is -2.33. The van der Waals surface area contributed by atoms with E-state index < -0.39 is 11.7 Å². The molecule has 1 aromatic heterocycles. The number of carbonyl (C=O) groups is 1.